The predicted molar refractivity (Wildman–Crippen MR) is 71.0 cm³/mol. The highest BCUT2D eigenvalue weighted by molar-refractivity contribution is 4.79. The van der Waals surface area contributed by atoms with Crippen molar-refractivity contribution in [2.24, 2.45) is 11.7 Å². The van der Waals surface area contributed by atoms with Crippen LogP contribution in [0.2, 0.25) is 0 Å². The first-order valence-electron chi connectivity index (χ1n) is 7.37. The Morgan fingerprint density at radius 2 is 1.71 bits per heavy atom. The number of likely N-dealkylation sites (tertiary alicyclic amines) is 1. The van der Waals surface area contributed by atoms with Crippen LogP contribution in [0.3, 0.4) is 0 Å². The molecule has 0 radical (unpaired) electrons. The van der Waals surface area contributed by atoms with E-state index in [0.29, 0.717) is 12.1 Å². The summed E-state index contributed by atoms with van der Waals surface area (Å²) >= 11 is 0. The Kier molecular flexibility index (Phi) is 5.26. The van der Waals surface area contributed by atoms with Crippen LogP contribution in [0.4, 0.5) is 0 Å². The average Bonchev–Trinajstić information content (AvgIpc) is 2.35. The van der Waals surface area contributed by atoms with E-state index in [2.05, 4.69) is 11.8 Å². The molecule has 1 aliphatic carbocycles. The van der Waals surface area contributed by atoms with E-state index in [1.54, 1.807) is 0 Å². The van der Waals surface area contributed by atoms with Gasteiger partial charge in [-0.3, -0.25) is 0 Å². The summed E-state index contributed by atoms with van der Waals surface area (Å²) < 4.78 is 5.69. The third-order valence-corrected chi connectivity index (χ3v) is 4.34. The Hall–Kier alpha value is -0.120. The Balaban J connectivity index is 1.64. The lowest BCUT2D eigenvalue weighted by Gasteiger charge is -2.36. The molecule has 1 heterocycles. The second-order valence-corrected chi connectivity index (χ2v) is 5.74. The maximum absolute atomic E-state index is 5.95. The van der Waals surface area contributed by atoms with Gasteiger partial charge in [-0.1, -0.05) is 0 Å². The quantitative estimate of drug-likeness (QED) is 0.817. The number of nitrogens with two attached hydrogens (primary N) is 1. The molecule has 2 aliphatic rings. The molecular weight excluding hydrogens is 212 g/mol. The van der Waals surface area contributed by atoms with Crippen LogP contribution in [0, 0.1) is 5.92 Å². The van der Waals surface area contributed by atoms with E-state index in [1.165, 1.54) is 58.2 Å². The molecule has 1 saturated carbocycles. The van der Waals surface area contributed by atoms with Gasteiger partial charge in [0.25, 0.3) is 0 Å². The molecule has 0 unspecified atom stereocenters. The number of ether oxygens (including phenoxy) is 1. The van der Waals surface area contributed by atoms with Gasteiger partial charge >= 0.3 is 0 Å². The van der Waals surface area contributed by atoms with Crippen molar-refractivity contribution in [3.8, 4) is 0 Å². The summed E-state index contributed by atoms with van der Waals surface area (Å²) in [6, 6.07) is 0.481. The lowest BCUT2D eigenvalue weighted by Crippen LogP contribution is -2.41. The second-order valence-electron chi connectivity index (χ2n) is 5.74. The lowest BCUT2D eigenvalue weighted by molar-refractivity contribution is 0.00964. The number of piperidine rings is 1. The molecule has 0 aromatic heterocycles. The minimum Gasteiger partial charge on any atom is -0.378 e. The van der Waals surface area contributed by atoms with E-state index in [9.17, 15) is 0 Å². The first-order chi connectivity index (χ1) is 8.28. The number of hydrogen-bond donors (Lipinski definition) is 1. The zero-order valence-corrected chi connectivity index (χ0v) is 11.2. The molecule has 2 N–H and O–H groups in total. The second kappa shape index (κ2) is 6.72. The molecule has 100 valence electrons. The summed E-state index contributed by atoms with van der Waals surface area (Å²) in [6.07, 6.45) is 8.12. The van der Waals surface area contributed by atoms with Crippen LogP contribution >= 0.6 is 0 Å². The molecule has 0 spiro atoms. The van der Waals surface area contributed by atoms with Crippen LogP contribution in [0.15, 0.2) is 0 Å². The van der Waals surface area contributed by atoms with Crippen LogP contribution in [0.1, 0.15) is 45.4 Å². The molecule has 1 saturated heterocycles. The minimum atomic E-state index is 0.481. The highest BCUT2D eigenvalue weighted by atomic mass is 16.5. The minimum absolute atomic E-state index is 0.481. The van der Waals surface area contributed by atoms with Gasteiger partial charge in [0.15, 0.2) is 0 Å². The molecule has 3 nitrogen and oxygen atoms in total. The Labute approximate surface area is 106 Å². The summed E-state index contributed by atoms with van der Waals surface area (Å²) in [6.45, 7) is 6.72. The van der Waals surface area contributed by atoms with Crippen molar-refractivity contribution in [2.75, 3.05) is 26.2 Å². The maximum Gasteiger partial charge on any atom is 0.0599 e. The summed E-state index contributed by atoms with van der Waals surface area (Å²) in [4.78, 5) is 2.64. The molecule has 0 amide bonds. The normalized spacial score (nSPS) is 32.8. The molecule has 0 aromatic carbocycles. The van der Waals surface area contributed by atoms with Crippen molar-refractivity contribution in [3.05, 3.63) is 0 Å². The first-order valence-corrected chi connectivity index (χ1v) is 7.37. The third-order valence-electron chi connectivity index (χ3n) is 4.34. The van der Waals surface area contributed by atoms with Crippen molar-refractivity contribution >= 4 is 0 Å². The Morgan fingerprint density at radius 1 is 1.06 bits per heavy atom. The van der Waals surface area contributed by atoms with Crippen molar-refractivity contribution in [2.45, 2.75) is 57.6 Å². The van der Waals surface area contributed by atoms with Crippen LogP contribution in [0.5, 0.6) is 0 Å². The van der Waals surface area contributed by atoms with Crippen LogP contribution in [-0.2, 0) is 4.74 Å². The fourth-order valence-electron chi connectivity index (χ4n) is 3.23. The highest BCUT2D eigenvalue weighted by Crippen LogP contribution is 2.25. The topological polar surface area (TPSA) is 38.5 Å². The smallest absolute Gasteiger partial charge is 0.0599 e. The van der Waals surface area contributed by atoms with Gasteiger partial charge in [-0.25, -0.2) is 0 Å². The van der Waals surface area contributed by atoms with Crippen LogP contribution < -0.4 is 5.73 Å². The summed E-state index contributed by atoms with van der Waals surface area (Å²) in [7, 11) is 0. The summed E-state index contributed by atoms with van der Waals surface area (Å²) in [5.41, 5.74) is 5.95. The fraction of sp³-hybridized carbons (Fsp3) is 1.00. The molecular formula is C14H28N2O. The average molecular weight is 240 g/mol. The van der Waals surface area contributed by atoms with Gasteiger partial charge in [-0.15, -0.1) is 0 Å². The molecule has 17 heavy (non-hydrogen) atoms. The number of hydrogen-bond acceptors (Lipinski definition) is 3. The largest absolute Gasteiger partial charge is 0.378 e. The lowest BCUT2D eigenvalue weighted by atomic mass is 9.86. The van der Waals surface area contributed by atoms with E-state index >= 15 is 0 Å². The highest BCUT2D eigenvalue weighted by Gasteiger charge is 2.24. The van der Waals surface area contributed by atoms with Gasteiger partial charge < -0.3 is 15.4 Å². The molecule has 0 atom stereocenters. The van der Waals surface area contributed by atoms with Gasteiger partial charge in [0.2, 0.25) is 0 Å². The van der Waals surface area contributed by atoms with Crippen LogP contribution in [0.25, 0.3) is 0 Å². The number of rotatable bonds is 4. The molecule has 1 aliphatic heterocycles. The first kappa shape index (κ1) is 13.3. The van der Waals surface area contributed by atoms with E-state index in [0.717, 1.165) is 12.5 Å². The maximum atomic E-state index is 5.95. The van der Waals surface area contributed by atoms with Gasteiger partial charge in [-0.05, 0) is 51.4 Å². The van der Waals surface area contributed by atoms with Crippen molar-refractivity contribution < 1.29 is 4.74 Å². The van der Waals surface area contributed by atoms with Gasteiger partial charge in [0, 0.05) is 32.3 Å². The van der Waals surface area contributed by atoms with Gasteiger partial charge in [-0.2, -0.15) is 0 Å². The fourth-order valence-corrected chi connectivity index (χ4v) is 3.23. The van der Waals surface area contributed by atoms with Crippen molar-refractivity contribution in [1.29, 1.82) is 0 Å². The summed E-state index contributed by atoms with van der Waals surface area (Å²) in [5, 5.41) is 0. The van der Waals surface area contributed by atoms with E-state index in [-0.39, 0.29) is 0 Å². The molecule has 0 bridgehead atoms. The molecule has 3 heteroatoms. The van der Waals surface area contributed by atoms with Crippen molar-refractivity contribution in [3.63, 3.8) is 0 Å². The monoisotopic (exact) mass is 240 g/mol. The zero-order valence-electron chi connectivity index (χ0n) is 11.2. The SMILES string of the molecule is CCOC1CCN(CC2CCC(N)CC2)CC1. The molecule has 2 rings (SSSR count). The summed E-state index contributed by atoms with van der Waals surface area (Å²) in [5.74, 6) is 0.901. The molecule has 2 fully saturated rings. The van der Waals surface area contributed by atoms with E-state index in [4.69, 9.17) is 10.5 Å². The molecule has 0 aromatic rings. The third kappa shape index (κ3) is 4.23. The zero-order chi connectivity index (χ0) is 12.1. The van der Waals surface area contributed by atoms with Crippen molar-refractivity contribution in [1.82, 2.24) is 4.90 Å². The Bertz CT molecular complexity index is 206. The van der Waals surface area contributed by atoms with E-state index < -0.39 is 0 Å². The standard InChI is InChI=1S/C14H28N2O/c1-2-17-14-7-9-16(10-8-14)11-12-3-5-13(15)6-4-12/h12-14H,2-11,15H2,1H3. The number of nitrogens with zero attached hydrogens (tertiary/aromatic N) is 1. The Morgan fingerprint density at radius 3 is 2.29 bits per heavy atom. The van der Waals surface area contributed by atoms with Gasteiger partial charge in [0.05, 0.1) is 6.10 Å². The van der Waals surface area contributed by atoms with Gasteiger partial charge in [0.1, 0.15) is 0 Å². The predicted octanol–water partition coefficient (Wildman–Crippen LogP) is 2.00. The van der Waals surface area contributed by atoms with E-state index in [1.807, 2.05) is 0 Å². The van der Waals surface area contributed by atoms with Crippen LogP contribution in [-0.4, -0.2) is 43.3 Å².